The Hall–Kier alpha value is -0.141. The van der Waals surface area contributed by atoms with Crippen LogP contribution in [0.25, 0.3) is 0 Å². The summed E-state index contributed by atoms with van der Waals surface area (Å²) in [6.07, 6.45) is 0. The van der Waals surface area contributed by atoms with Gasteiger partial charge in [-0.3, -0.25) is 0 Å². The van der Waals surface area contributed by atoms with Crippen LogP contribution < -0.4 is 0 Å². The summed E-state index contributed by atoms with van der Waals surface area (Å²) in [5, 5.41) is 1.22. The number of rotatable bonds is 2. The third-order valence-electron chi connectivity index (χ3n) is 1.52. The fourth-order valence-electron chi connectivity index (χ4n) is 0.993. The molecule has 1 aliphatic heterocycles. The van der Waals surface area contributed by atoms with E-state index < -0.39 is 0 Å². The van der Waals surface area contributed by atoms with E-state index in [-0.39, 0.29) is 0 Å². The van der Waals surface area contributed by atoms with Crippen molar-refractivity contribution in [3.8, 4) is 0 Å². The van der Waals surface area contributed by atoms with E-state index >= 15 is 0 Å². The van der Waals surface area contributed by atoms with Crippen LogP contribution in [0.15, 0.2) is 10.4 Å². The van der Waals surface area contributed by atoms with E-state index in [4.69, 9.17) is 9.47 Å². The van der Waals surface area contributed by atoms with Crippen molar-refractivity contribution in [2.75, 3.05) is 14.2 Å². The van der Waals surface area contributed by atoms with Crippen molar-refractivity contribution in [3.05, 3.63) is 10.4 Å². The normalized spacial score (nSPS) is 25.3. The minimum absolute atomic E-state index is 0.513. The fraction of sp³-hybridized carbons (Fsp3) is 0.714. The van der Waals surface area contributed by atoms with Crippen LogP contribution in [0.1, 0.15) is 6.92 Å². The van der Waals surface area contributed by atoms with Crippen molar-refractivity contribution >= 4 is 15.0 Å². The molecule has 0 fully saturated rings. The Morgan fingerprint density at radius 3 is 2.50 bits per heavy atom. The molecule has 0 amide bonds. The van der Waals surface area contributed by atoms with Gasteiger partial charge in [-0.15, -0.1) is 0 Å². The van der Waals surface area contributed by atoms with Gasteiger partial charge in [0.1, 0.15) is 0 Å². The summed E-state index contributed by atoms with van der Waals surface area (Å²) >= 11 is 0.513. The van der Waals surface area contributed by atoms with Gasteiger partial charge in [0.25, 0.3) is 0 Å². The predicted octanol–water partition coefficient (Wildman–Crippen LogP) is 1.22. The second kappa shape index (κ2) is 3.31. The van der Waals surface area contributed by atoms with Crippen molar-refractivity contribution < 1.29 is 9.47 Å². The molecule has 0 saturated heterocycles. The quantitative estimate of drug-likeness (QED) is 0.634. The van der Waals surface area contributed by atoms with Gasteiger partial charge in [0, 0.05) is 0 Å². The van der Waals surface area contributed by atoms with E-state index in [0.29, 0.717) is 20.9 Å². The maximum absolute atomic E-state index is 5.20. The molecule has 3 heteroatoms. The van der Waals surface area contributed by atoms with Crippen LogP contribution in [0.5, 0.6) is 0 Å². The third kappa shape index (κ3) is 1.30. The Morgan fingerprint density at radius 2 is 2.10 bits per heavy atom. The van der Waals surface area contributed by atoms with E-state index in [1.807, 2.05) is 0 Å². The van der Waals surface area contributed by atoms with Crippen molar-refractivity contribution in [1.82, 2.24) is 0 Å². The summed E-state index contributed by atoms with van der Waals surface area (Å²) in [6.45, 7) is 2.17. The van der Waals surface area contributed by atoms with Gasteiger partial charge < -0.3 is 0 Å². The molecule has 10 heavy (non-hydrogen) atoms. The van der Waals surface area contributed by atoms with Crippen LogP contribution in [0.4, 0.5) is 0 Å². The molecule has 1 unspecified atom stereocenters. The van der Waals surface area contributed by atoms with Crippen molar-refractivity contribution in [1.29, 1.82) is 0 Å². The molecule has 0 spiro atoms. The van der Waals surface area contributed by atoms with Crippen molar-refractivity contribution in [3.63, 3.8) is 0 Å². The third-order valence-corrected chi connectivity index (χ3v) is 4.24. The second-order valence-electron chi connectivity index (χ2n) is 2.27. The monoisotopic (exact) mass is 208 g/mol. The Kier molecular flexibility index (Phi) is 2.63. The second-order valence-corrected chi connectivity index (χ2v) is 4.35. The molecule has 0 bridgehead atoms. The molecular formula is C7H12O2Se. The zero-order valence-corrected chi connectivity index (χ0v) is 8.22. The summed E-state index contributed by atoms with van der Waals surface area (Å²) in [4.78, 5) is 0. The van der Waals surface area contributed by atoms with E-state index in [1.54, 1.807) is 14.2 Å². The Balaban J connectivity index is 2.71. The van der Waals surface area contributed by atoms with Gasteiger partial charge in [-0.1, -0.05) is 0 Å². The molecule has 0 aromatic heterocycles. The van der Waals surface area contributed by atoms with Gasteiger partial charge in [0.2, 0.25) is 0 Å². The van der Waals surface area contributed by atoms with Gasteiger partial charge in [0.15, 0.2) is 0 Å². The van der Waals surface area contributed by atoms with Gasteiger partial charge in [-0.2, -0.15) is 0 Å². The van der Waals surface area contributed by atoms with Crippen LogP contribution in [-0.4, -0.2) is 29.2 Å². The average Bonchev–Trinajstić information content (AvgIpc) is 2.30. The molecule has 0 aromatic rings. The predicted molar refractivity (Wildman–Crippen MR) is 40.8 cm³/mol. The number of hydrogen-bond acceptors (Lipinski definition) is 2. The zero-order valence-electron chi connectivity index (χ0n) is 6.51. The first-order valence-electron chi connectivity index (χ1n) is 3.24. The summed E-state index contributed by atoms with van der Waals surface area (Å²) in [6, 6.07) is 0. The molecule has 0 radical (unpaired) electrons. The summed E-state index contributed by atoms with van der Waals surface area (Å²) in [5.74, 6) is 1.63. The zero-order chi connectivity index (χ0) is 7.56. The Labute approximate surface area is 67.7 Å². The summed E-state index contributed by atoms with van der Waals surface area (Å²) in [5.41, 5.74) is 0. The first kappa shape index (κ1) is 7.96. The number of hydrogen-bond donors (Lipinski definition) is 0. The first-order chi connectivity index (χ1) is 4.79. The van der Waals surface area contributed by atoms with Gasteiger partial charge in [0.05, 0.1) is 0 Å². The molecular weight excluding hydrogens is 195 g/mol. The van der Waals surface area contributed by atoms with Crippen LogP contribution in [0.2, 0.25) is 5.32 Å². The number of allylic oxidation sites excluding steroid dienone is 1. The van der Waals surface area contributed by atoms with E-state index in [1.165, 1.54) is 5.32 Å². The van der Waals surface area contributed by atoms with Crippen molar-refractivity contribution in [2.24, 2.45) is 5.92 Å². The van der Waals surface area contributed by atoms with Crippen LogP contribution in [-0.2, 0) is 9.47 Å². The Morgan fingerprint density at radius 1 is 1.40 bits per heavy atom. The van der Waals surface area contributed by atoms with E-state index in [9.17, 15) is 0 Å². The van der Waals surface area contributed by atoms with Gasteiger partial charge in [-0.25, -0.2) is 0 Å². The van der Waals surface area contributed by atoms with Crippen LogP contribution >= 0.6 is 0 Å². The summed E-state index contributed by atoms with van der Waals surface area (Å²) < 4.78 is 11.5. The fourth-order valence-corrected chi connectivity index (χ4v) is 3.30. The van der Waals surface area contributed by atoms with Crippen LogP contribution in [0, 0.1) is 5.92 Å². The SMILES string of the molecule is COC1=C(OC)C(C)C[Se]1. The first-order valence-corrected chi connectivity index (χ1v) is 5.31. The standard InChI is InChI=1S/C7H12O2Se/c1-5-4-10-7(9-3)6(5)8-2/h5H,4H2,1-3H3. The van der Waals surface area contributed by atoms with Gasteiger partial charge in [-0.05, 0) is 0 Å². The summed E-state index contributed by atoms with van der Waals surface area (Å²) in [7, 11) is 3.43. The number of ether oxygens (including phenoxy) is 2. The molecule has 0 aromatic carbocycles. The number of methoxy groups -OCH3 is 2. The minimum atomic E-state index is 0.513. The topological polar surface area (TPSA) is 18.5 Å². The maximum atomic E-state index is 5.20. The molecule has 0 aliphatic carbocycles. The molecule has 1 rings (SSSR count). The molecule has 1 heterocycles. The van der Waals surface area contributed by atoms with Crippen LogP contribution in [0.3, 0.4) is 0 Å². The average molecular weight is 207 g/mol. The molecule has 1 aliphatic rings. The van der Waals surface area contributed by atoms with Crippen molar-refractivity contribution in [2.45, 2.75) is 12.2 Å². The Bertz CT molecular complexity index is 154. The van der Waals surface area contributed by atoms with E-state index in [0.717, 1.165) is 10.4 Å². The molecule has 2 nitrogen and oxygen atoms in total. The molecule has 0 saturated carbocycles. The van der Waals surface area contributed by atoms with E-state index in [2.05, 4.69) is 6.92 Å². The molecule has 58 valence electrons. The van der Waals surface area contributed by atoms with Gasteiger partial charge >= 0.3 is 67.2 Å². The molecule has 0 N–H and O–H groups in total. The molecule has 1 atom stereocenters.